The minimum atomic E-state index is -4.66. The van der Waals surface area contributed by atoms with Crippen molar-refractivity contribution in [1.82, 2.24) is 0 Å². The van der Waals surface area contributed by atoms with Gasteiger partial charge in [0.15, 0.2) is 16.8 Å². The van der Waals surface area contributed by atoms with Crippen LogP contribution < -0.4 is 0 Å². The smallest absolute Gasteiger partial charge is 0.279 e. The van der Waals surface area contributed by atoms with Crippen molar-refractivity contribution in [2.45, 2.75) is 12.2 Å². The van der Waals surface area contributed by atoms with Crippen LogP contribution in [0.3, 0.4) is 0 Å². The van der Waals surface area contributed by atoms with Crippen LogP contribution in [0.15, 0.2) is 42.5 Å². The summed E-state index contributed by atoms with van der Waals surface area (Å²) >= 11 is 0. The van der Waals surface area contributed by atoms with Crippen molar-refractivity contribution in [3.8, 4) is 0 Å². The van der Waals surface area contributed by atoms with Crippen LogP contribution in [-0.2, 0) is 19.7 Å². The van der Waals surface area contributed by atoms with Crippen molar-refractivity contribution in [3.05, 3.63) is 53.6 Å². The Morgan fingerprint density at radius 1 is 1.35 bits per heavy atom. The number of carbonyl (C=O) groups is 2. The molecule has 0 saturated carbocycles. The molecule has 0 aliphatic heterocycles. The molecule has 0 radical (unpaired) electrons. The van der Waals surface area contributed by atoms with Gasteiger partial charge in [0.25, 0.3) is 10.1 Å². The molecule has 0 heterocycles. The first-order chi connectivity index (χ1) is 9.29. The van der Waals surface area contributed by atoms with E-state index >= 15 is 0 Å². The summed E-state index contributed by atoms with van der Waals surface area (Å²) in [5.41, 5.74) is 0.773. The standard InChI is InChI=1S/C14H12O5S/c1-3-11(15)12-8(2)9-6-4-5-7-10(9)14(13(12)16)20(17,18)19/h3-7,14H,1H2,2H3,(H,17,18,19). The largest absolute Gasteiger partial charge is 0.292 e. The summed E-state index contributed by atoms with van der Waals surface area (Å²) in [5, 5.41) is -1.76. The molecule has 0 fully saturated rings. The van der Waals surface area contributed by atoms with Gasteiger partial charge in [-0.25, -0.2) is 0 Å². The van der Waals surface area contributed by atoms with Gasteiger partial charge >= 0.3 is 0 Å². The summed E-state index contributed by atoms with van der Waals surface area (Å²) in [4.78, 5) is 24.1. The minimum absolute atomic E-state index is 0.179. The zero-order valence-electron chi connectivity index (χ0n) is 10.7. The number of hydrogen-bond donors (Lipinski definition) is 1. The molecule has 2 rings (SSSR count). The number of hydrogen-bond acceptors (Lipinski definition) is 4. The average Bonchev–Trinajstić information content (AvgIpc) is 2.37. The molecule has 0 saturated heterocycles. The lowest BCUT2D eigenvalue weighted by atomic mass is 9.83. The molecular formula is C14H12O5S. The van der Waals surface area contributed by atoms with Crippen molar-refractivity contribution in [2.75, 3.05) is 0 Å². The van der Waals surface area contributed by atoms with Crippen LogP contribution >= 0.6 is 0 Å². The molecule has 6 heteroatoms. The van der Waals surface area contributed by atoms with E-state index in [0.717, 1.165) is 6.08 Å². The van der Waals surface area contributed by atoms with Crippen LogP contribution in [-0.4, -0.2) is 24.5 Å². The lowest BCUT2D eigenvalue weighted by Crippen LogP contribution is -2.30. The third-order valence-corrected chi connectivity index (χ3v) is 4.30. The number of benzene rings is 1. The van der Waals surface area contributed by atoms with Crippen LogP contribution in [0, 0.1) is 0 Å². The van der Waals surface area contributed by atoms with Crippen molar-refractivity contribution in [2.24, 2.45) is 0 Å². The molecule has 0 aromatic heterocycles. The Hall–Kier alpha value is -2.05. The second-order valence-electron chi connectivity index (χ2n) is 4.41. The molecule has 1 atom stereocenters. The Morgan fingerprint density at radius 2 is 1.95 bits per heavy atom. The van der Waals surface area contributed by atoms with E-state index < -0.39 is 26.9 Å². The van der Waals surface area contributed by atoms with Crippen molar-refractivity contribution >= 4 is 27.3 Å². The van der Waals surface area contributed by atoms with E-state index in [1.54, 1.807) is 25.1 Å². The van der Waals surface area contributed by atoms with Crippen LogP contribution in [0.1, 0.15) is 23.3 Å². The van der Waals surface area contributed by atoms with Gasteiger partial charge in [-0.1, -0.05) is 30.8 Å². The van der Waals surface area contributed by atoms with E-state index in [1.165, 1.54) is 6.07 Å². The number of fused-ring (bicyclic) bond motifs is 1. The maximum Gasteiger partial charge on any atom is 0.279 e. The van der Waals surface area contributed by atoms with Crippen molar-refractivity contribution < 1.29 is 22.6 Å². The van der Waals surface area contributed by atoms with Crippen LogP contribution in [0.25, 0.3) is 5.57 Å². The van der Waals surface area contributed by atoms with Gasteiger partial charge in [-0.3, -0.25) is 14.1 Å². The quantitative estimate of drug-likeness (QED) is 0.520. The molecule has 1 aromatic rings. The van der Waals surface area contributed by atoms with Gasteiger partial charge in [-0.2, -0.15) is 8.42 Å². The highest BCUT2D eigenvalue weighted by Gasteiger charge is 2.42. The molecule has 0 amide bonds. The molecule has 104 valence electrons. The number of Topliss-reactive ketones (excluding diaryl/α,β-unsaturated/α-hetero) is 1. The van der Waals surface area contributed by atoms with E-state index in [9.17, 15) is 22.6 Å². The van der Waals surface area contributed by atoms with Gasteiger partial charge in [0.2, 0.25) is 0 Å². The van der Waals surface area contributed by atoms with Gasteiger partial charge in [-0.05, 0) is 29.7 Å². The highest BCUT2D eigenvalue weighted by molar-refractivity contribution is 7.86. The van der Waals surface area contributed by atoms with Gasteiger partial charge in [0.1, 0.15) is 0 Å². The first kappa shape index (κ1) is 14.4. The normalized spacial score (nSPS) is 18.7. The Balaban J connectivity index is 2.84. The predicted octanol–water partition coefficient (Wildman–Crippen LogP) is 1.73. The third kappa shape index (κ3) is 2.13. The van der Waals surface area contributed by atoms with Crippen molar-refractivity contribution in [1.29, 1.82) is 0 Å². The summed E-state index contributed by atoms with van der Waals surface area (Å²) in [6.45, 7) is 4.86. The summed E-state index contributed by atoms with van der Waals surface area (Å²) in [6, 6.07) is 6.28. The van der Waals surface area contributed by atoms with Gasteiger partial charge in [0, 0.05) is 0 Å². The Bertz CT molecular complexity index is 756. The van der Waals surface area contributed by atoms with E-state index in [0.29, 0.717) is 11.1 Å². The first-order valence-corrected chi connectivity index (χ1v) is 7.26. The van der Waals surface area contributed by atoms with Gasteiger partial charge in [-0.15, -0.1) is 0 Å². The highest BCUT2D eigenvalue weighted by Crippen LogP contribution is 2.38. The van der Waals surface area contributed by atoms with E-state index in [-0.39, 0.29) is 11.1 Å². The molecule has 1 aromatic carbocycles. The molecule has 0 spiro atoms. The number of rotatable bonds is 3. The second-order valence-corrected chi connectivity index (χ2v) is 5.92. The minimum Gasteiger partial charge on any atom is -0.292 e. The maximum atomic E-state index is 12.3. The number of allylic oxidation sites excluding steroid dienone is 3. The Labute approximate surface area is 116 Å². The SMILES string of the molecule is C=CC(=O)C1=C(C)c2ccccc2C(S(=O)(=O)O)C1=O. The van der Waals surface area contributed by atoms with Crippen LogP contribution in [0.4, 0.5) is 0 Å². The summed E-state index contributed by atoms with van der Waals surface area (Å²) in [7, 11) is -4.66. The van der Waals surface area contributed by atoms with Crippen LogP contribution in [0.5, 0.6) is 0 Å². The zero-order chi connectivity index (χ0) is 15.1. The Kier molecular flexibility index (Phi) is 3.45. The maximum absolute atomic E-state index is 12.3. The Morgan fingerprint density at radius 3 is 2.50 bits per heavy atom. The first-order valence-electron chi connectivity index (χ1n) is 5.76. The molecule has 1 aliphatic carbocycles. The highest BCUT2D eigenvalue weighted by atomic mass is 32.2. The molecule has 1 unspecified atom stereocenters. The number of carbonyl (C=O) groups excluding carboxylic acids is 2. The molecule has 5 nitrogen and oxygen atoms in total. The monoisotopic (exact) mass is 292 g/mol. The second kappa shape index (κ2) is 4.81. The third-order valence-electron chi connectivity index (χ3n) is 3.24. The lowest BCUT2D eigenvalue weighted by Gasteiger charge is -2.24. The van der Waals surface area contributed by atoms with E-state index in [2.05, 4.69) is 6.58 Å². The molecule has 1 aliphatic rings. The molecular weight excluding hydrogens is 280 g/mol. The fourth-order valence-corrected chi connectivity index (χ4v) is 3.28. The summed E-state index contributed by atoms with van der Waals surface area (Å²) in [6.07, 6.45) is 0.950. The van der Waals surface area contributed by atoms with Gasteiger partial charge < -0.3 is 0 Å². The van der Waals surface area contributed by atoms with Crippen molar-refractivity contribution in [3.63, 3.8) is 0 Å². The van der Waals surface area contributed by atoms with Gasteiger partial charge in [0.05, 0.1) is 5.57 Å². The fourth-order valence-electron chi connectivity index (χ4n) is 2.36. The molecule has 20 heavy (non-hydrogen) atoms. The topological polar surface area (TPSA) is 88.5 Å². The summed E-state index contributed by atoms with van der Waals surface area (Å²) in [5.74, 6) is -1.58. The van der Waals surface area contributed by atoms with Crippen LogP contribution in [0.2, 0.25) is 0 Å². The molecule has 1 N–H and O–H groups in total. The lowest BCUT2D eigenvalue weighted by molar-refractivity contribution is -0.119. The zero-order valence-corrected chi connectivity index (χ0v) is 11.5. The number of ketones is 2. The fraction of sp³-hybridized carbons (Fsp3) is 0.143. The predicted molar refractivity (Wildman–Crippen MR) is 73.5 cm³/mol. The summed E-state index contributed by atoms with van der Waals surface area (Å²) < 4.78 is 32.3. The van der Waals surface area contributed by atoms with E-state index in [1.807, 2.05) is 0 Å². The molecule has 0 bridgehead atoms. The average molecular weight is 292 g/mol. The van der Waals surface area contributed by atoms with E-state index in [4.69, 9.17) is 0 Å².